The minimum atomic E-state index is 0.218. The van der Waals surface area contributed by atoms with Gasteiger partial charge in [-0.1, -0.05) is 26.0 Å². The van der Waals surface area contributed by atoms with E-state index < -0.39 is 0 Å². The van der Waals surface area contributed by atoms with Crippen LogP contribution in [0, 0.1) is 28.1 Å². The number of hydrogen-bond donors (Lipinski definition) is 1. The zero-order valence-electron chi connectivity index (χ0n) is 13.1. The van der Waals surface area contributed by atoms with Gasteiger partial charge in [-0.2, -0.15) is 5.26 Å². The third-order valence-electron chi connectivity index (χ3n) is 6.07. The summed E-state index contributed by atoms with van der Waals surface area (Å²) in [5.74, 6) is 0.873. The lowest BCUT2D eigenvalue weighted by Crippen LogP contribution is -2.61. The third kappa shape index (κ3) is 2.06. The van der Waals surface area contributed by atoms with Crippen LogP contribution in [0.25, 0.3) is 0 Å². The van der Waals surface area contributed by atoms with Crippen molar-refractivity contribution in [3.63, 3.8) is 0 Å². The lowest BCUT2D eigenvalue weighted by Gasteiger charge is -2.65. The van der Waals surface area contributed by atoms with E-state index in [0.29, 0.717) is 10.8 Å². The van der Waals surface area contributed by atoms with Gasteiger partial charge in [0.25, 0.3) is 0 Å². The Labute approximate surface area is 127 Å². The van der Waals surface area contributed by atoms with Crippen molar-refractivity contribution < 1.29 is 0 Å². The Morgan fingerprint density at radius 3 is 2.33 bits per heavy atom. The second-order valence-corrected chi connectivity index (χ2v) is 8.69. The maximum Gasteiger partial charge on any atom is 0.101 e. The van der Waals surface area contributed by atoms with Gasteiger partial charge in [-0.15, -0.1) is 0 Å². The average Bonchev–Trinajstić information content (AvgIpc) is 2.34. The normalized spacial score (nSPS) is 43.6. The van der Waals surface area contributed by atoms with Crippen LogP contribution in [-0.4, -0.2) is 5.54 Å². The molecule has 21 heavy (non-hydrogen) atoms. The highest BCUT2D eigenvalue weighted by atomic mass is 15.0. The van der Waals surface area contributed by atoms with Crippen LogP contribution < -0.4 is 5.32 Å². The summed E-state index contributed by atoms with van der Waals surface area (Å²) in [7, 11) is 0. The highest BCUT2D eigenvalue weighted by Gasteiger charge is 2.60. The second-order valence-electron chi connectivity index (χ2n) is 8.69. The van der Waals surface area contributed by atoms with Gasteiger partial charge in [0, 0.05) is 5.54 Å². The van der Waals surface area contributed by atoms with Crippen molar-refractivity contribution >= 4 is 5.69 Å². The number of hydrogen-bond acceptors (Lipinski definition) is 2. The van der Waals surface area contributed by atoms with Crippen molar-refractivity contribution in [2.45, 2.75) is 57.9 Å². The number of rotatable bonds is 2. The van der Waals surface area contributed by atoms with Crippen molar-refractivity contribution in [2.24, 2.45) is 16.7 Å². The number of benzene rings is 1. The zero-order valence-corrected chi connectivity index (χ0v) is 13.1. The monoisotopic (exact) mass is 280 g/mol. The molecule has 4 aliphatic carbocycles. The molecule has 4 bridgehead atoms. The van der Waals surface area contributed by atoms with Crippen LogP contribution >= 0.6 is 0 Å². The Bertz CT molecular complexity index is 609. The van der Waals surface area contributed by atoms with Crippen molar-refractivity contribution in [3.05, 3.63) is 29.8 Å². The minimum Gasteiger partial charge on any atom is -0.378 e. The van der Waals surface area contributed by atoms with Gasteiger partial charge in [0.15, 0.2) is 0 Å². The molecule has 4 fully saturated rings. The first-order valence-corrected chi connectivity index (χ1v) is 8.21. The Hall–Kier alpha value is -1.49. The van der Waals surface area contributed by atoms with Gasteiger partial charge in [-0.05, 0) is 67.4 Å². The molecule has 2 atom stereocenters. The minimum absolute atomic E-state index is 0.218. The number of nitriles is 1. The maximum absolute atomic E-state index is 9.34. The van der Waals surface area contributed by atoms with Crippen molar-refractivity contribution in [2.75, 3.05) is 5.32 Å². The third-order valence-corrected chi connectivity index (χ3v) is 6.07. The Balaban J connectivity index is 1.70. The molecule has 1 aromatic rings. The topological polar surface area (TPSA) is 35.8 Å². The average molecular weight is 280 g/mol. The van der Waals surface area contributed by atoms with Gasteiger partial charge >= 0.3 is 0 Å². The smallest absolute Gasteiger partial charge is 0.101 e. The number of nitrogens with zero attached hydrogens (tertiary/aromatic N) is 1. The highest BCUT2D eigenvalue weighted by molar-refractivity contribution is 5.59. The number of anilines is 1. The molecule has 110 valence electrons. The lowest BCUT2D eigenvalue weighted by atomic mass is 9.42. The second kappa shape index (κ2) is 4.03. The summed E-state index contributed by atoms with van der Waals surface area (Å²) in [6, 6.07) is 10.3. The molecular weight excluding hydrogens is 256 g/mol. The molecule has 0 spiro atoms. The molecule has 1 N–H and O–H groups in total. The predicted octanol–water partition coefficient (Wildman–Crippen LogP) is 4.72. The van der Waals surface area contributed by atoms with Gasteiger partial charge < -0.3 is 5.32 Å². The Morgan fingerprint density at radius 2 is 1.71 bits per heavy atom. The summed E-state index contributed by atoms with van der Waals surface area (Å²) in [6.07, 6.45) is 8.04. The van der Waals surface area contributed by atoms with Crippen LogP contribution in [0.1, 0.15) is 57.9 Å². The van der Waals surface area contributed by atoms with Crippen molar-refractivity contribution in [3.8, 4) is 6.07 Å². The summed E-state index contributed by atoms with van der Waals surface area (Å²) in [5.41, 5.74) is 3.04. The highest BCUT2D eigenvalue weighted by Crippen LogP contribution is 2.66. The van der Waals surface area contributed by atoms with Gasteiger partial charge in [-0.3, -0.25) is 0 Å². The maximum atomic E-state index is 9.34. The van der Waals surface area contributed by atoms with Crippen molar-refractivity contribution in [1.82, 2.24) is 0 Å². The van der Waals surface area contributed by atoms with Gasteiger partial charge in [0.05, 0.1) is 11.3 Å². The zero-order chi connectivity index (χ0) is 14.7. The molecule has 0 aromatic heterocycles. The van der Waals surface area contributed by atoms with E-state index in [9.17, 15) is 5.26 Å². The van der Waals surface area contributed by atoms with E-state index in [-0.39, 0.29) is 5.54 Å². The fraction of sp³-hybridized carbons (Fsp3) is 0.632. The number of nitrogens with one attached hydrogen (secondary N) is 1. The molecule has 0 amide bonds. The fourth-order valence-electron chi connectivity index (χ4n) is 6.56. The molecule has 5 rings (SSSR count). The summed E-state index contributed by atoms with van der Waals surface area (Å²) in [6.45, 7) is 4.98. The molecule has 1 aromatic carbocycles. The molecule has 0 heterocycles. The van der Waals surface area contributed by atoms with Crippen LogP contribution in [0.15, 0.2) is 24.3 Å². The Morgan fingerprint density at radius 1 is 1.05 bits per heavy atom. The van der Waals surface area contributed by atoms with E-state index in [1.165, 1.54) is 38.5 Å². The molecule has 0 aliphatic heterocycles. The van der Waals surface area contributed by atoms with E-state index in [4.69, 9.17) is 0 Å². The van der Waals surface area contributed by atoms with E-state index in [2.05, 4.69) is 31.3 Å². The summed E-state index contributed by atoms with van der Waals surface area (Å²) in [5, 5.41) is 13.2. The summed E-state index contributed by atoms with van der Waals surface area (Å²) in [4.78, 5) is 0. The standard InChI is InChI=1S/C19H24N2/c1-17-7-14-8-18(2,11-17)13-19(9-14,12-17)21-16-6-4-3-5-15(16)10-20/h3-6,14,21H,7-9,11-13H2,1-2H3. The van der Waals surface area contributed by atoms with Crippen LogP contribution in [0.4, 0.5) is 5.69 Å². The quantitative estimate of drug-likeness (QED) is 0.851. The largest absolute Gasteiger partial charge is 0.378 e. The molecule has 0 radical (unpaired) electrons. The molecular formula is C19H24N2. The van der Waals surface area contributed by atoms with Crippen LogP contribution in [-0.2, 0) is 0 Å². The molecule has 4 saturated carbocycles. The van der Waals surface area contributed by atoms with Crippen LogP contribution in [0.3, 0.4) is 0 Å². The van der Waals surface area contributed by atoms with Gasteiger partial charge in [-0.25, -0.2) is 0 Å². The summed E-state index contributed by atoms with van der Waals surface area (Å²) >= 11 is 0. The van der Waals surface area contributed by atoms with Gasteiger partial charge in [0.2, 0.25) is 0 Å². The van der Waals surface area contributed by atoms with E-state index in [1.807, 2.05) is 18.2 Å². The first-order valence-electron chi connectivity index (χ1n) is 8.21. The summed E-state index contributed by atoms with van der Waals surface area (Å²) < 4.78 is 0. The SMILES string of the molecule is CC12CC3CC(C)(C1)CC(Nc1ccccc1C#N)(C3)C2. The molecule has 2 unspecified atom stereocenters. The molecule has 4 aliphatic rings. The van der Waals surface area contributed by atoms with Crippen LogP contribution in [0.5, 0.6) is 0 Å². The lowest BCUT2D eigenvalue weighted by molar-refractivity contribution is -0.0973. The van der Waals surface area contributed by atoms with E-state index in [1.54, 1.807) is 0 Å². The van der Waals surface area contributed by atoms with Crippen LogP contribution in [0.2, 0.25) is 0 Å². The van der Waals surface area contributed by atoms with E-state index >= 15 is 0 Å². The fourth-order valence-corrected chi connectivity index (χ4v) is 6.56. The molecule has 2 nitrogen and oxygen atoms in total. The first-order chi connectivity index (χ1) is 9.93. The van der Waals surface area contributed by atoms with Gasteiger partial charge in [0.1, 0.15) is 6.07 Å². The van der Waals surface area contributed by atoms with E-state index in [0.717, 1.165) is 17.2 Å². The van der Waals surface area contributed by atoms with Crippen molar-refractivity contribution in [1.29, 1.82) is 5.26 Å². The molecule has 2 heteroatoms. The first kappa shape index (κ1) is 13.2. The number of para-hydroxylation sites is 1. The molecule has 0 saturated heterocycles. The predicted molar refractivity (Wildman–Crippen MR) is 84.9 cm³/mol. The Kier molecular flexibility index (Phi) is 2.53.